The molecule has 5 heteroatoms. The van der Waals surface area contributed by atoms with E-state index in [9.17, 15) is 8.78 Å². The molecule has 0 aliphatic heterocycles. The molecular formula is C14H12F2S3. The monoisotopic (exact) mass is 314 g/mol. The van der Waals surface area contributed by atoms with Crippen LogP contribution in [-0.2, 0) is 0 Å². The van der Waals surface area contributed by atoms with Gasteiger partial charge in [-0.2, -0.15) is 0 Å². The van der Waals surface area contributed by atoms with E-state index in [2.05, 4.69) is 0 Å². The zero-order chi connectivity index (χ0) is 13.5. The second kappa shape index (κ2) is 7.82. The van der Waals surface area contributed by atoms with Crippen molar-refractivity contribution < 1.29 is 8.78 Å². The highest BCUT2D eigenvalue weighted by atomic mass is 32.2. The molecule has 0 amide bonds. The molecule has 0 nitrogen and oxygen atoms in total. The first kappa shape index (κ1) is 14.8. The lowest BCUT2D eigenvalue weighted by Gasteiger charge is -2.04. The molecule has 0 N–H and O–H groups in total. The average molecular weight is 314 g/mol. The van der Waals surface area contributed by atoms with Crippen molar-refractivity contribution in [2.45, 2.75) is 19.6 Å². The van der Waals surface area contributed by atoms with Gasteiger partial charge < -0.3 is 0 Å². The van der Waals surface area contributed by atoms with Crippen molar-refractivity contribution in [2.75, 3.05) is 12.0 Å². The maximum absolute atomic E-state index is 12.2. The summed E-state index contributed by atoms with van der Waals surface area (Å²) in [6, 6.07) is 14.8. The molecule has 0 unspecified atom stereocenters. The van der Waals surface area contributed by atoms with Gasteiger partial charge in [-0.1, -0.05) is 35.3 Å². The van der Waals surface area contributed by atoms with Crippen molar-refractivity contribution in [1.82, 2.24) is 0 Å². The molecule has 0 aromatic heterocycles. The molecule has 0 spiro atoms. The average Bonchev–Trinajstić information content (AvgIpc) is 2.44. The summed E-state index contributed by atoms with van der Waals surface area (Å²) in [6.07, 6.45) is 0. The molecule has 0 saturated carbocycles. The molecule has 0 radical (unpaired) electrons. The van der Waals surface area contributed by atoms with Crippen molar-refractivity contribution in [3.8, 4) is 0 Å². The summed E-state index contributed by atoms with van der Waals surface area (Å²) >= 11 is 4.00. The fraction of sp³-hybridized carbons (Fsp3) is 0.143. The minimum Gasteiger partial charge on any atom is -0.239 e. The van der Waals surface area contributed by atoms with Gasteiger partial charge in [0.15, 0.2) is 0 Å². The van der Waals surface area contributed by atoms with Crippen molar-refractivity contribution in [2.24, 2.45) is 0 Å². The molecule has 0 bridgehead atoms. The van der Waals surface area contributed by atoms with Gasteiger partial charge in [0, 0.05) is 19.6 Å². The predicted octanol–water partition coefficient (Wildman–Crippen LogP) is 5.88. The van der Waals surface area contributed by atoms with Crippen molar-refractivity contribution in [3.05, 3.63) is 48.5 Å². The van der Waals surface area contributed by atoms with Crippen molar-refractivity contribution in [1.29, 1.82) is 0 Å². The van der Waals surface area contributed by atoms with E-state index in [1.807, 2.05) is 48.5 Å². The summed E-state index contributed by atoms with van der Waals surface area (Å²) in [5.74, 6) is 0. The SMILES string of the molecule is FCSc1ccc(Sc2ccc(SCF)cc2)cc1. The first-order valence-electron chi connectivity index (χ1n) is 5.57. The van der Waals surface area contributed by atoms with E-state index < -0.39 is 12.0 Å². The molecule has 2 aromatic rings. The molecule has 100 valence electrons. The maximum Gasteiger partial charge on any atom is 0.139 e. The van der Waals surface area contributed by atoms with Crippen LogP contribution in [0.1, 0.15) is 0 Å². The van der Waals surface area contributed by atoms with Crippen LogP contribution in [0, 0.1) is 0 Å². The van der Waals surface area contributed by atoms with Crippen LogP contribution in [0.5, 0.6) is 0 Å². The minimum absolute atomic E-state index is 0.403. The Morgan fingerprint density at radius 2 is 0.895 bits per heavy atom. The third kappa shape index (κ3) is 4.75. The quantitative estimate of drug-likeness (QED) is 0.611. The third-order valence-corrected chi connectivity index (χ3v) is 4.77. The van der Waals surface area contributed by atoms with E-state index >= 15 is 0 Å². The molecule has 19 heavy (non-hydrogen) atoms. The number of hydrogen-bond acceptors (Lipinski definition) is 3. The number of benzene rings is 2. The summed E-state index contributed by atoms with van der Waals surface area (Å²) in [4.78, 5) is 4.08. The topological polar surface area (TPSA) is 0 Å². The molecule has 0 aliphatic carbocycles. The highest BCUT2D eigenvalue weighted by molar-refractivity contribution is 8.00. The molecular weight excluding hydrogens is 302 g/mol. The zero-order valence-electron chi connectivity index (χ0n) is 10.0. The fourth-order valence-electron chi connectivity index (χ4n) is 1.47. The van der Waals surface area contributed by atoms with Crippen molar-refractivity contribution in [3.63, 3.8) is 0 Å². The van der Waals surface area contributed by atoms with Crippen LogP contribution < -0.4 is 0 Å². The Labute approximate surface area is 124 Å². The Balaban J connectivity index is 1.99. The molecule has 0 fully saturated rings. The van der Waals surface area contributed by atoms with Crippen LogP contribution in [0.2, 0.25) is 0 Å². The van der Waals surface area contributed by atoms with E-state index in [1.54, 1.807) is 11.8 Å². The summed E-state index contributed by atoms with van der Waals surface area (Å²) in [7, 11) is 0. The second-order valence-corrected chi connectivity index (χ2v) is 6.66. The highest BCUT2D eigenvalue weighted by Crippen LogP contribution is 2.31. The highest BCUT2D eigenvalue weighted by Gasteiger charge is 2.00. The van der Waals surface area contributed by atoms with Gasteiger partial charge in [0.25, 0.3) is 0 Å². The number of alkyl halides is 2. The largest absolute Gasteiger partial charge is 0.239 e. The smallest absolute Gasteiger partial charge is 0.139 e. The van der Waals surface area contributed by atoms with Crippen molar-refractivity contribution >= 4 is 35.3 Å². The Kier molecular flexibility index (Phi) is 6.07. The normalized spacial score (nSPS) is 10.6. The van der Waals surface area contributed by atoms with E-state index in [0.29, 0.717) is 0 Å². The summed E-state index contributed by atoms with van der Waals surface area (Å²) in [6.45, 7) is 0. The number of rotatable bonds is 6. The first-order chi connectivity index (χ1) is 9.31. The molecule has 0 heterocycles. The van der Waals surface area contributed by atoms with Gasteiger partial charge in [0.1, 0.15) is 12.0 Å². The van der Waals surface area contributed by atoms with Crippen LogP contribution in [0.25, 0.3) is 0 Å². The van der Waals surface area contributed by atoms with Gasteiger partial charge in [0.2, 0.25) is 0 Å². The summed E-state index contributed by atoms with van der Waals surface area (Å²) in [5, 5.41) is 0. The molecule has 2 aromatic carbocycles. The Hall–Kier alpha value is -0.650. The maximum atomic E-state index is 12.2. The van der Waals surface area contributed by atoms with E-state index in [1.165, 1.54) is 23.5 Å². The van der Waals surface area contributed by atoms with E-state index in [-0.39, 0.29) is 0 Å². The molecule has 2 rings (SSSR count). The summed E-state index contributed by atoms with van der Waals surface area (Å²) in [5.41, 5.74) is 0. The fourth-order valence-corrected chi connectivity index (χ4v) is 3.20. The van der Waals surface area contributed by atoms with Gasteiger partial charge in [-0.15, -0.1) is 0 Å². The predicted molar refractivity (Wildman–Crippen MR) is 80.7 cm³/mol. The standard InChI is InChI=1S/C14H12F2S3/c15-9-17-11-1-5-13(6-2-11)19-14-7-3-12(4-8-14)18-10-16/h1-8H,9-10H2. The number of halogens is 2. The van der Waals surface area contributed by atoms with Gasteiger partial charge in [-0.05, 0) is 48.5 Å². The van der Waals surface area contributed by atoms with Gasteiger partial charge in [0.05, 0.1) is 0 Å². The first-order valence-corrected chi connectivity index (χ1v) is 8.36. The van der Waals surface area contributed by atoms with Gasteiger partial charge >= 0.3 is 0 Å². The zero-order valence-corrected chi connectivity index (χ0v) is 12.5. The number of thioether (sulfide) groups is 2. The Morgan fingerprint density at radius 3 is 1.21 bits per heavy atom. The third-order valence-electron chi connectivity index (χ3n) is 2.33. The Bertz CT molecular complexity index is 450. The molecule has 0 aliphatic rings. The molecule has 0 saturated heterocycles. The lowest BCUT2D eigenvalue weighted by atomic mass is 10.4. The summed E-state index contributed by atoms with van der Waals surface area (Å²) < 4.78 is 24.3. The number of hydrogen-bond donors (Lipinski definition) is 0. The minimum atomic E-state index is -0.403. The lowest BCUT2D eigenvalue weighted by Crippen LogP contribution is -1.77. The van der Waals surface area contributed by atoms with Gasteiger partial charge in [-0.25, -0.2) is 8.78 Å². The lowest BCUT2D eigenvalue weighted by molar-refractivity contribution is 0.605. The van der Waals surface area contributed by atoms with Crippen LogP contribution in [0.15, 0.2) is 68.1 Å². The Morgan fingerprint density at radius 1 is 0.579 bits per heavy atom. The van der Waals surface area contributed by atoms with Crippen LogP contribution >= 0.6 is 35.3 Å². The van der Waals surface area contributed by atoms with E-state index in [4.69, 9.17) is 0 Å². The van der Waals surface area contributed by atoms with Gasteiger partial charge in [-0.3, -0.25) is 0 Å². The van der Waals surface area contributed by atoms with Crippen LogP contribution in [-0.4, -0.2) is 12.0 Å². The van der Waals surface area contributed by atoms with Crippen LogP contribution in [0.4, 0.5) is 8.78 Å². The second-order valence-electron chi connectivity index (χ2n) is 3.55. The molecule has 0 atom stereocenters. The van der Waals surface area contributed by atoms with Crippen LogP contribution in [0.3, 0.4) is 0 Å². The van der Waals surface area contributed by atoms with E-state index in [0.717, 1.165) is 19.6 Å².